The molecular formula is C19H30N4O3. The smallest absolute Gasteiger partial charge is 0.409 e. The fourth-order valence-corrected chi connectivity index (χ4v) is 3.10. The molecule has 0 atom stereocenters. The monoisotopic (exact) mass is 362 g/mol. The number of likely N-dealkylation sites (tertiary alicyclic amines) is 1. The van der Waals surface area contributed by atoms with Crippen LogP contribution in [0.25, 0.3) is 0 Å². The average molecular weight is 362 g/mol. The van der Waals surface area contributed by atoms with E-state index in [9.17, 15) is 9.59 Å². The van der Waals surface area contributed by atoms with Gasteiger partial charge in [-0.3, -0.25) is 4.79 Å². The number of pyridine rings is 1. The van der Waals surface area contributed by atoms with E-state index >= 15 is 0 Å². The van der Waals surface area contributed by atoms with Gasteiger partial charge in [-0.25, -0.2) is 9.78 Å². The predicted molar refractivity (Wildman–Crippen MR) is 102 cm³/mol. The van der Waals surface area contributed by atoms with Crippen LogP contribution < -0.4 is 10.6 Å². The van der Waals surface area contributed by atoms with E-state index in [-0.39, 0.29) is 17.9 Å². The molecule has 0 radical (unpaired) electrons. The molecule has 7 heteroatoms. The van der Waals surface area contributed by atoms with Crippen molar-refractivity contribution in [3.05, 3.63) is 18.3 Å². The highest BCUT2D eigenvalue weighted by molar-refractivity contribution is 5.91. The molecule has 2 amide bonds. The summed E-state index contributed by atoms with van der Waals surface area (Å²) in [5.74, 6) is 0.623. The van der Waals surface area contributed by atoms with Gasteiger partial charge in [0.1, 0.15) is 5.82 Å². The summed E-state index contributed by atoms with van der Waals surface area (Å²) >= 11 is 0. The maximum absolute atomic E-state index is 12.1. The maximum Gasteiger partial charge on any atom is 0.409 e. The Balaban J connectivity index is 1.81. The van der Waals surface area contributed by atoms with Gasteiger partial charge in [0, 0.05) is 25.0 Å². The van der Waals surface area contributed by atoms with Gasteiger partial charge in [-0.1, -0.05) is 13.8 Å². The molecule has 7 nitrogen and oxygen atoms in total. The molecule has 2 rings (SSSR count). The van der Waals surface area contributed by atoms with Gasteiger partial charge in [-0.2, -0.15) is 0 Å². The van der Waals surface area contributed by atoms with Crippen LogP contribution in [0.2, 0.25) is 0 Å². The standard InChI is InChI=1S/C19H30N4O3/c1-4-14(5-2)18(24)22-17-8-7-16(13-20-17)21-15-9-11-23(12-10-15)19(25)26-6-3/h7-8,13-15,21H,4-6,9-12H2,1-3H3,(H,20,22,24). The Labute approximate surface area is 155 Å². The number of aromatic nitrogens is 1. The summed E-state index contributed by atoms with van der Waals surface area (Å²) in [6.07, 6.45) is 4.89. The summed E-state index contributed by atoms with van der Waals surface area (Å²) in [4.78, 5) is 29.9. The first-order valence-electron chi connectivity index (χ1n) is 9.52. The molecule has 0 saturated carbocycles. The zero-order valence-corrected chi connectivity index (χ0v) is 16.0. The third-order valence-electron chi connectivity index (χ3n) is 4.76. The van der Waals surface area contributed by atoms with Crippen molar-refractivity contribution in [2.24, 2.45) is 5.92 Å². The Morgan fingerprint density at radius 1 is 1.23 bits per heavy atom. The number of ether oxygens (including phenoxy) is 1. The van der Waals surface area contributed by atoms with Crippen molar-refractivity contribution in [1.29, 1.82) is 0 Å². The van der Waals surface area contributed by atoms with Crippen LogP contribution in [0, 0.1) is 5.92 Å². The SMILES string of the molecule is CCOC(=O)N1CCC(Nc2ccc(NC(=O)C(CC)CC)nc2)CC1. The number of hydrogen-bond donors (Lipinski definition) is 2. The normalized spacial score (nSPS) is 15.0. The number of nitrogens with one attached hydrogen (secondary N) is 2. The number of anilines is 2. The van der Waals surface area contributed by atoms with Gasteiger partial charge in [0.05, 0.1) is 18.5 Å². The number of carbonyl (C=O) groups excluding carboxylic acids is 2. The zero-order valence-electron chi connectivity index (χ0n) is 16.0. The molecule has 144 valence electrons. The second-order valence-corrected chi connectivity index (χ2v) is 6.54. The molecule has 1 aliphatic rings. The molecule has 1 saturated heterocycles. The second-order valence-electron chi connectivity index (χ2n) is 6.54. The third kappa shape index (κ3) is 5.61. The van der Waals surface area contributed by atoms with Crippen LogP contribution in [-0.2, 0) is 9.53 Å². The molecule has 1 fully saturated rings. The lowest BCUT2D eigenvalue weighted by Gasteiger charge is -2.32. The van der Waals surface area contributed by atoms with Gasteiger partial charge >= 0.3 is 6.09 Å². The molecule has 0 aromatic carbocycles. The second kappa shape index (κ2) is 9.99. The van der Waals surface area contributed by atoms with Crippen molar-refractivity contribution >= 4 is 23.5 Å². The Morgan fingerprint density at radius 3 is 2.46 bits per heavy atom. The zero-order chi connectivity index (χ0) is 18.9. The number of rotatable bonds is 7. The van der Waals surface area contributed by atoms with Crippen LogP contribution in [0.1, 0.15) is 46.5 Å². The minimum atomic E-state index is -0.231. The minimum Gasteiger partial charge on any atom is -0.450 e. The number of carbonyl (C=O) groups is 2. The van der Waals surface area contributed by atoms with Crippen LogP contribution in [0.15, 0.2) is 18.3 Å². The van der Waals surface area contributed by atoms with Crippen molar-refractivity contribution in [3.8, 4) is 0 Å². The summed E-state index contributed by atoms with van der Waals surface area (Å²) < 4.78 is 5.03. The van der Waals surface area contributed by atoms with Gasteiger partial charge in [0.15, 0.2) is 0 Å². The van der Waals surface area contributed by atoms with Crippen molar-refractivity contribution in [2.45, 2.75) is 52.5 Å². The summed E-state index contributed by atoms with van der Waals surface area (Å²) in [7, 11) is 0. The summed E-state index contributed by atoms with van der Waals surface area (Å²) in [5.41, 5.74) is 0.917. The van der Waals surface area contributed by atoms with E-state index in [0.29, 0.717) is 31.6 Å². The van der Waals surface area contributed by atoms with Gasteiger partial charge in [-0.15, -0.1) is 0 Å². The van der Waals surface area contributed by atoms with Crippen molar-refractivity contribution in [2.75, 3.05) is 30.3 Å². The number of nitrogens with zero attached hydrogens (tertiary/aromatic N) is 2. The molecule has 26 heavy (non-hydrogen) atoms. The molecule has 2 N–H and O–H groups in total. The average Bonchev–Trinajstić information content (AvgIpc) is 2.65. The Bertz CT molecular complexity index is 579. The summed E-state index contributed by atoms with van der Waals surface area (Å²) in [5, 5.41) is 6.31. The Kier molecular flexibility index (Phi) is 7.69. The quantitative estimate of drug-likeness (QED) is 0.776. The molecule has 1 aromatic rings. The van der Waals surface area contributed by atoms with E-state index in [4.69, 9.17) is 4.74 Å². The highest BCUT2D eigenvalue weighted by Gasteiger charge is 2.23. The fraction of sp³-hybridized carbons (Fsp3) is 0.632. The Hall–Kier alpha value is -2.31. The lowest BCUT2D eigenvalue weighted by atomic mass is 10.0. The molecule has 0 unspecified atom stereocenters. The van der Waals surface area contributed by atoms with E-state index in [1.807, 2.05) is 32.9 Å². The minimum absolute atomic E-state index is 0.0227. The Morgan fingerprint density at radius 2 is 1.92 bits per heavy atom. The van der Waals surface area contributed by atoms with E-state index < -0.39 is 0 Å². The molecule has 1 aromatic heterocycles. The number of amides is 2. The van der Waals surface area contributed by atoms with Gasteiger partial charge in [0.2, 0.25) is 5.91 Å². The highest BCUT2D eigenvalue weighted by atomic mass is 16.6. The molecule has 1 aliphatic heterocycles. The van der Waals surface area contributed by atoms with Crippen LogP contribution in [0.5, 0.6) is 0 Å². The van der Waals surface area contributed by atoms with Crippen molar-refractivity contribution in [3.63, 3.8) is 0 Å². The van der Waals surface area contributed by atoms with Gasteiger partial charge in [0.25, 0.3) is 0 Å². The lowest BCUT2D eigenvalue weighted by molar-refractivity contribution is -0.120. The molecule has 2 heterocycles. The maximum atomic E-state index is 12.1. The predicted octanol–water partition coefficient (Wildman–Crippen LogP) is 3.49. The van der Waals surface area contributed by atoms with Gasteiger partial charge in [-0.05, 0) is 44.7 Å². The third-order valence-corrected chi connectivity index (χ3v) is 4.76. The molecule has 0 aliphatic carbocycles. The van der Waals surface area contributed by atoms with Gasteiger partial charge < -0.3 is 20.3 Å². The van der Waals surface area contributed by atoms with Crippen LogP contribution in [0.4, 0.5) is 16.3 Å². The summed E-state index contributed by atoms with van der Waals surface area (Å²) in [6.45, 7) is 7.63. The van der Waals surface area contributed by atoms with Crippen molar-refractivity contribution < 1.29 is 14.3 Å². The first-order valence-corrected chi connectivity index (χ1v) is 9.52. The van der Waals surface area contributed by atoms with Crippen LogP contribution in [-0.4, -0.2) is 47.6 Å². The first kappa shape index (κ1) is 20.0. The topological polar surface area (TPSA) is 83.6 Å². The van der Waals surface area contributed by atoms with E-state index in [0.717, 1.165) is 31.4 Å². The highest BCUT2D eigenvalue weighted by Crippen LogP contribution is 2.18. The largest absolute Gasteiger partial charge is 0.450 e. The van der Waals surface area contributed by atoms with Crippen LogP contribution in [0.3, 0.4) is 0 Å². The number of piperidine rings is 1. The molecule has 0 spiro atoms. The van der Waals surface area contributed by atoms with Crippen molar-refractivity contribution in [1.82, 2.24) is 9.88 Å². The first-order chi connectivity index (χ1) is 12.6. The lowest BCUT2D eigenvalue weighted by Crippen LogP contribution is -2.42. The van der Waals surface area contributed by atoms with E-state index in [2.05, 4.69) is 15.6 Å². The summed E-state index contributed by atoms with van der Waals surface area (Å²) in [6, 6.07) is 4.04. The van der Waals surface area contributed by atoms with E-state index in [1.54, 1.807) is 11.1 Å². The number of hydrogen-bond acceptors (Lipinski definition) is 5. The molecule has 0 bridgehead atoms. The van der Waals surface area contributed by atoms with Crippen LogP contribution >= 0.6 is 0 Å². The van der Waals surface area contributed by atoms with E-state index in [1.165, 1.54) is 0 Å². The fourth-order valence-electron chi connectivity index (χ4n) is 3.10. The molecular weight excluding hydrogens is 332 g/mol.